The summed E-state index contributed by atoms with van der Waals surface area (Å²) in [6.07, 6.45) is 2.72. The molecule has 1 aliphatic rings. The Bertz CT molecular complexity index is 490. The quantitative estimate of drug-likeness (QED) is 0.877. The zero-order chi connectivity index (χ0) is 14.5. The summed E-state index contributed by atoms with van der Waals surface area (Å²) in [6, 6.07) is 7.05. The zero-order valence-electron chi connectivity index (χ0n) is 11.1. The molecule has 2 rings (SSSR count). The first-order chi connectivity index (χ1) is 9.56. The number of primary amides is 1. The number of anilines is 1. The molecule has 1 heterocycles. The Labute approximate surface area is 126 Å². The summed E-state index contributed by atoms with van der Waals surface area (Å²) in [5, 5.41) is 2.82. The highest BCUT2D eigenvalue weighted by atomic mass is 79.9. The SMILES string of the molecule is NC(=O)C1CCCCN1CC(=O)Nc1ccc(Br)cc1. The number of hydrogen-bond donors (Lipinski definition) is 2. The fraction of sp³-hybridized carbons (Fsp3) is 0.429. The Morgan fingerprint density at radius 2 is 2.00 bits per heavy atom. The Hall–Kier alpha value is -1.40. The summed E-state index contributed by atoms with van der Waals surface area (Å²) in [6.45, 7) is 0.936. The first kappa shape index (κ1) is 15.0. The van der Waals surface area contributed by atoms with E-state index in [1.165, 1.54) is 0 Å². The Morgan fingerprint density at radius 1 is 1.30 bits per heavy atom. The minimum atomic E-state index is -0.346. The number of carbonyl (C=O) groups is 2. The largest absolute Gasteiger partial charge is 0.368 e. The van der Waals surface area contributed by atoms with Gasteiger partial charge in [-0.1, -0.05) is 22.4 Å². The van der Waals surface area contributed by atoms with E-state index in [-0.39, 0.29) is 24.4 Å². The topological polar surface area (TPSA) is 75.4 Å². The van der Waals surface area contributed by atoms with Crippen molar-refractivity contribution in [1.29, 1.82) is 0 Å². The van der Waals surface area contributed by atoms with Crippen LogP contribution in [-0.2, 0) is 9.59 Å². The molecule has 6 heteroatoms. The molecule has 1 unspecified atom stereocenters. The summed E-state index contributed by atoms with van der Waals surface area (Å²) in [5.41, 5.74) is 6.13. The minimum absolute atomic E-state index is 0.125. The van der Waals surface area contributed by atoms with Crippen molar-refractivity contribution in [3.63, 3.8) is 0 Å². The molecule has 3 N–H and O–H groups in total. The summed E-state index contributed by atoms with van der Waals surface area (Å²) in [5.74, 6) is -0.471. The molecule has 5 nitrogen and oxygen atoms in total. The van der Waals surface area contributed by atoms with Crippen LogP contribution >= 0.6 is 15.9 Å². The predicted octanol–water partition coefficient (Wildman–Crippen LogP) is 1.73. The van der Waals surface area contributed by atoms with Gasteiger partial charge >= 0.3 is 0 Å². The molecule has 1 atom stereocenters. The summed E-state index contributed by atoms with van der Waals surface area (Å²) < 4.78 is 0.959. The lowest BCUT2D eigenvalue weighted by atomic mass is 10.0. The third-order valence-electron chi connectivity index (χ3n) is 3.42. The molecule has 1 aliphatic heterocycles. The van der Waals surface area contributed by atoms with E-state index in [0.29, 0.717) is 0 Å². The molecule has 20 heavy (non-hydrogen) atoms. The van der Waals surface area contributed by atoms with Gasteiger partial charge in [-0.2, -0.15) is 0 Å². The van der Waals surface area contributed by atoms with Crippen molar-refractivity contribution >= 4 is 33.4 Å². The van der Waals surface area contributed by atoms with Gasteiger partial charge in [-0.05, 0) is 43.7 Å². The first-order valence-corrected chi connectivity index (χ1v) is 7.44. The van der Waals surface area contributed by atoms with Crippen LogP contribution in [0.15, 0.2) is 28.7 Å². The van der Waals surface area contributed by atoms with Crippen LogP contribution in [0.1, 0.15) is 19.3 Å². The van der Waals surface area contributed by atoms with E-state index in [0.717, 1.165) is 36.0 Å². The van der Waals surface area contributed by atoms with Gasteiger partial charge < -0.3 is 11.1 Å². The van der Waals surface area contributed by atoms with Crippen molar-refractivity contribution in [3.05, 3.63) is 28.7 Å². The fourth-order valence-electron chi connectivity index (χ4n) is 2.42. The third kappa shape index (κ3) is 4.05. The molecule has 0 bridgehead atoms. The van der Waals surface area contributed by atoms with Crippen LogP contribution in [0.4, 0.5) is 5.69 Å². The van der Waals surface area contributed by atoms with Gasteiger partial charge in [0.25, 0.3) is 0 Å². The van der Waals surface area contributed by atoms with E-state index in [9.17, 15) is 9.59 Å². The normalized spacial score (nSPS) is 19.6. The zero-order valence-corrected chi connectivity index (χ0v) is 12.7. The maximum absolute atomic E-state index is 12.0. The first-order valence-electron chi connectivity index (χ1n) is 6.65. The van der Waals surface area contributed by atoms with Gasteiger partial charge in [-0.25, -0.2) is 0 Å². The number of hydrogen-bond acceptors (Lipinski definition) is 3. The number of carbonyl (C=O) groups excluding carboxylic acids is 2. The molecular weight excluding hydrogens is 322 g/mol. The maximum atomic E-state index is 12.0. The van der Waals surface area contributed by atoms with Crippen LogP contribution in [0.5, 0.6) is 0 Å². The van der Waals surface area contributed by atoms with E-state index in [1.54, 1.807) is 0 Å². The van der Waals surface area contributed by atoms with Crippen molar-refractivity contribution in [2.75, 3.05) is 18.4 Å². The number of halogens is 1. The Kier molecular flexibility index (Phi) is 5.14. The van der Waals surface area contributed by atoms with Crippen LogP contribution in [0, 0.1) is 0 Å². The number of likely N-dealkylation sites (tertiary alicyclic amines) is 1. The van der Waals surface area contributed by atoms with Crippen LogP contribution in [0.25, 0.3) is 0 Å². The monoisotopic (exact) mass is 339 g/mol. The van der Waals surface area contributed by atoms with Crippen molar-refractivity contribution in [2.45, 2.75) is 25.3 Å². The number of piperidine rings is 1. The van der Waals surface area contributed by atoms with Gasteiger partial charge in [0.15, 0.2) is 0 Å². The van der Waals surface area contributed by atoms with Crippen LogP contribution in [0.3, 0.4) is 0 Å². The molecule has 0 spiro atoms. The molecule has 1 saturated heterocycles. The average Bonchev–Trinajstić information content (AvgIpc) is 2.41. The van der Waals surface area contributed by atoms with Crippen LogP contribution < -0.4 is 11.1 Å². The van der Waals surface area contributed by atoms with Gasteiger partial charge in [0, 0.05) is 10.2 Å². The highest BCUT2D eigenvalue weighted by Gasteiger charge is 2.28. The lowest BCUT2D eigenvalue weighted by Crippen LogP contribution is -2.50. The van der Waals surface area contributed by atoms with Gasteiger partial charge in [-0.3, -0.25) is 14.5 Å². The third-order valence-corrected chi connectivity index (χ3v) is 3.95. The van der Waals surface area contributed by atoms with Crippen LogP contribution in [-0.4, -0.2) is 35.8 Å². The Balaban J connectivity index is 1.92. The van der Waals surface area contributed by atoms with E-state index < -0.39 is 0 Å². The number of benzene rings is 1. The summed E-state index contributed by atoms with van der Waals surface area (Å²) in [4.78, 5) is 25.3. The second-order valence-electron chi connectivity index (χ2n) is 4.94. The molecule has 0 aromatic heterocycles. The molecule has 1 aromatic carbocycles. The molecular formula is C14H18BrN3O2. The van der Waals surface area contributed by atoms with E-state index >= 15 is 0 Å². The number of amides is 2. The summed E-state index contributed by atoms with van der Waals surface area (Å²) >= 11 is 3.34. The van der Waals surface area contributed by atoms with Crippen molar-refractivity contribution in [1.82, 2.24) is 4.90 Å². The van der Waals surface area contributed by atoms with Gasteiger partial charge in [0.1, 0.15) is 0 Å². The standard InChI is InChI=1S/C14H18BrN3O2/c15-10-4-6-11(7-5-10)17-13(19)9-18-8-2-1-3-12(18)14(16)20/h4-7,12H,1-3,8-9H2,(H2,16,20)(H,17,19). The van der Waals surface area contributed by atoms with Gasteiger partial charge in [-0.15, -0.1) is 0 Å². The number of nitrogens with two attached hydrogens (primary N) is 1. The molecule has 0 radical (unpaired) electrons. The highest BCUT2D eigenvalue weighted by Crippen LogP contribution is 2.17. The smallest absolute Gasteiger partial charge is 0.238 e. The molecule has 0 saturated carbocycles. The van der Waals surface area contributed by atoms with Crippen LogP contribution in [0.2, 0.25) is 0 Å². The minimum Gasteiger partial charge on any atom is -0.368 e. The molecule has 108 valence electrons. The molecule has 1 fully saturated rings. The lowest BCUT2D eigenvalue weighted by molar-refractivity contribution is -0.126. The average molecular weight is 340 g/mol. The number of nitrogens with one attached hydrogen (secondary N) is 1. The van der Waals surface area contributed by atoms with E-state index in [4.69, 9.17) is 5.73 Å². The lowest BCUT2D eigenvalue weighted by Gasteiger charge is -2.32. The summed E-state index contributed by atoms with van der Waals surface area (Å²) in [7, 11) is 0. The molecule has 0 aliphatic carbocycles. The van der Waals surface area contributed by atoms with E-state index in [2.05, 4.69) is 21.2 Å². The molecule has 2 amide bonds. The maximum Gasteiger partial charge on any atom is 0.238 e. The highest BCUT2D eigenvalue weighted by molar-refractivity contribution is 9.10. The fourth-order valence-corrected chi connectivity index (χ4v) is 2.68. The van der Waals surface area contributed by atoms with Gasteiger partial charge in [0.05, 0.1) is 12.6 Å². The number of rotatable bonds is 4. The second-order valence-corrected chi connectivity index (χ2v) is 5.86. The van der Waals surface area contributed by atoms with Crippen molar-refractivity contribution < 1.29 is 9.59 Å². The second kappa shape index (κ2) is 6.85. The van der Waals surface area contributed by atoms with Gasteiger partial charge in [0.2, 0.25) is 11.8 Å². The van der Waals surface area contributed by atoms with E-state index in [1.807, 2.05) is 29.2 Å². The molecule has 1 aromatic rings. The Morgan fingerprint density at radius 3 is 2.65 bits per heavy atom. The predicted molar refractivity (Wildman–Crippen MR) is 81.2 cm³/mol. The van der Waals surface area contributed by atoms with Crippen molar-refractivity contribution in [3.8, 4) is 0 Å². The van der Waals surface area contributed by atoms with Crippen molar-refractivity contribution in [2.24, 2.45) is 5.73 Å². The number of nitrogens with zero attached hydrogens (tertiary/aromatic N) is 1.